The van der Waals surface area contributed by atoms with E-state index in [9.17, 15) is 4.79 Å². The van der Waals surface area contributed by atoms with Gasteiger partial charge in [0.1, 0.15) is 12.1 Å². The molecule has 0 unspecified atom stereocenters. The summed E-state index contributed by atoms with van der Waals surface area (Å²) in [6.07, 6.45) is 2.69. The minimum Gasteiger partial charge on any atom is -0.368 e. The van der Waals surface area contributed by atoms with Crippen LogP contribution in [0.4, 0.5) is 11.4 Å². The number of hydrogen-bond acceptors (Lipinski definition) is 7. The molecular weight excluding hydrogens is 304 g/mol. The van der Waals surface area contributed by atoms with Gasteiger partial charge in [-0.2, -0.15) is 0 Å². The summed E-state index contributed by atoms with van der Waals surface area (Å²) in [6, 6.07) is 7.68. The average Bonchev–Trinajstić information content (AvgIpc) is 2.67. The standard InChI is InChI=1S/C17H22N6O/c18-9-15-16(11-20-17(10-19)21-15)23-7-5-22(6-8-23)14-3-1-13(12-24)2-4-14/h1-4,11-12H,5-10,18-19H2. The zero-order valence-electron chi connectivity index (χ0n) is 13.6. The quantitative estimate of drug-likeness (QED) is 0.773. The highest BCUT2D eigenvalue weighted by molar-refractivity contribution is 5.75. The summed E-state index contributed by atoms with van der Waals surface area (Å²) >= 11 is 0. The largest absolute Gasteiger partial charge is 0.368 e. The van der Waals surface area contributed by atoms with E-state index in [-0.39, 0.29) is 0 Å². The van der Waals surface area contributed by atoms with E-state index in [0.29, 0.717) is 24.5 Å². The molecule has 0 bridgehead atoms. The maximum atomic E-state index is 10.7. The van der Waals surface area contributed by atoms with Gasteiger partial charge in [-0.05, 0) is 24.3 Å². The number of piperazine rings is 1. The lowest BCUT2D eigenvalue weighted by molar-refractivity contribution is 0.112. The molecule has 7 nitrogen and oxygen atoms in total. The van der Waals surface area contributed by atoms with Crippen LogP contribution >= 0.6 is 0 Å². The second kappa shape index (κ2) is 7.37. The Morgan fingerprint density at radius 2 is 1.67 bits per heavy atom. The van der Waals surface area contributed by atoms with E-state index in [1.54, 1.807) is 0 Å². The molecule has 0 aliphatic carbocycles. The molecule has 126 valence electrons. The van der Waals surface area contributed by atoms with E-state index in [4.69, 9.17) is 11.5 Å². The molecule has 24 heavy (non-hydrogen) atoms. The van der Waals surface area contributed by atoms with Crippen LogP contribution in [0.1, 0.15) is 21.9 Å². The lowest BCUT2D eigenvalue weighted by Crippen LogP contribution is -2.47. The summed E-state index contributed by atoms with van der Waals surface area (Å²) in [5.41, 5.74) is 15.1. The first kappa shape index (κ1) is 16.4. The third kappa shape index (κ3) is 3.37. The van der Waals surface area contributed by atoms with Crippen molar-refractivity contribution in [2.24, 2.45) is 11.5 Å². The highest BCUT2D eigenvalue weighted by atomic mass is 16.1. The fourth-order valence-corrected chi connectivity index (χ4v) is 2.93. The smallest absolute Gasteiger partial charge is 0.150 e. The predicted octanol–water partition coefficient (Wildman–Crippen LogP) is 0.533. The number of aldehydes is 1. The van der Waals surface area contributed by atoms with Gasteiger partial charge in [0, 0.05) is 44.0 Å². The third-order valence-corrected chi connectivity index (χ3v) is 4.29. The molecule has 4 N–H and O–H groups in total. The van der Waals surface area contributed by atoms with Crippen LogP contribution in [0.3, 0.4) is 0 Å². The van der Waals surface area contributed by atoms with Gasteiger partial charge in [0.15, 0.2) is 0 Å². The van der Waals surface area contributed by atoms with Gasteiger partial charge in [-0.15, -0.1) is 0 Å². The van der Waals surface area contributed by atoms with Crippen molar-refractivity contribution in [3.8, 4) is 0 Å². The first-order valence-corrected chi connectivity index (χ1v) is 8.05. The number of carbonyl (C=O) groups excluding carboxylic acids is 1. The fourth-order valence-electron chi connectivity index (χ4n) is 2.93. The number of aromatic nitrogens is 2. The van der Waals surface area contributed by atoms with E-state index in [1.165, 1.54) is 0 Å². The molecule has 7 heteroatoms. The van der Waals surface area contributed by atoms with Crippen molar-refractivity contribution in [2.75, 3.05) is 36.0 Å². The SMILES string of the molecule is NCc1ncc(N2CCN(c3ccc(C=O)cc3)CC2)c(CN)n1. The zero-order valence-corrected chi connectivity index (χ0v) is 13.6. The molecule has 0 atom stereocenters. The molecule has 1 aliphatic rings. The summed E-state index contributed by atoms with van der Waals surface area (Å²) in [7, 11) is 0. The van der Waals surface area contributed by atoms with Gasteiger partial charge < -0.3 is 21.3 Å². The van der Waals surface area contributed by atoms with Crippen LogP contribution in [0.2, 0.25) is 0 Å². The van der Waals surface area contributed by atoms with Crippen molar-refractivity contribution in [2.45, 2.75) is 13.1 Å². The summed E-state index contributed by atoms with van der Waals surface area (Å²) in [5.74, 6) is 0.619. The molecule has 0 radical (unpaired) electrons. The highest BCUT2D eigenvalue weighted by Crippen LogP contribution is 2.22. The van der Waals surface area contributed by atoms with E-state index in [2.05, 4.69) is 19.8 Å². The molecule has 0 amide bonds. The Balaban J connectivity index is 1.69. The minimum atomic E-state index is 0.317. The molecule has 0 spiro atoms. The number of anilines is 2. The maximum absolute atomic E-state index is 10.7. The number of rotatable bonds is 5. The van der Waals surface area contributed by atoms with Crippen molar-refractivity contribution in [3.63, 3.8) is 0 Å². The van der Waals surface area contributed by atoms with E-state index in [1.807, 2.05) is 30.5 Å². The number of nitrogens with zero attached hydrogens (tertiary/aromatic N) is 4. The van der Waals surface area contributed by atoms with Gasteiger partial charge in [-0.1, -0.05) is 0 Å². The van der Waals surface area contributed by atoms with Crippen LogP contribution in [0.15, 0.2) is 30.5 Å². The Labute approximate surface area is 141 Å². The van der Waals surface area contributed by atoms with E-state index >= 15 is 0 Å². The van der Waals surface area contributed by atoms with E-state index < -0.39 is 0 Å². The predicted molar refractivity (Wildman–Crippen MR) is 94.1 cm³/mol. The van der Waals surface area contributed by atoms with Crippen LogP contribution in [-0.2, 0) is 13.1 Å². The first-order chi connectivity index (χ1) is 11.7. The van der Waals surface area contributed by atoms with Crippen LogP contribution in [0.5, 0.6) is 0 Å². The normalized spacial score (nSPS) is 14.8. The minimum absolute atomic E-state index is 0.317. The Morgan fingerprint density at radius 3 is 2.25 bits per heavy atom. The fraction of sp³-hybridized carbons (Fsp3) is 0.353. The molecule has 1 saturated heterocycles. The molecule has 2 aromatic rings. The molecule has 0 saturated carbocycles. The topological polar surface area (TPSA) is 101 Å². The molecule has 1 aromatic carbocycles. The number of hydrogen-bond donors (Lipinski definition) is 2. The van der Waals surface area contributed by atoms with Crippen LogP contribution < -0.4 is 21.3 Å². The molecular formula is C17H22N6O. The molecule has 3 rings (SSSR count). The Kier molecular flexibility index (Phi) is 5.02. The second-order valence-electron chi connectivity index (χ2n) is 5.71. The molecule has 2 heterocycles. The number of benzene rings is 1. The van der Waals surface area contributed by atoms with Crippen molar-refractivity contribution in [1.82, 2.24) is 9.97 Å². The highest BCUT2D eigenvalue weighted by Gasteiger charge is 2.20. The molecule has 1 aromatic heterocycles. The van der Waals surface area contributed by atoms with Gasteiger partial charge in [-0.25, -0.2) is 9.97 Å². The van der Waals surface area contributed by atoms with Crippen LogP contribution in [-0.4, -0.2) is 42.4 Å². The van der Waals surface area contributed by atoms with Crippen LogP contribution in [0, 0.1) is 0 Å². The molecule has 1 fully saturated rings. The third-order valence-electron chi connectivity index (χ3n) is 4.29. The number of nitrogens with two attached hydrogens (primary N) is 2. The van der Waals surface area contributed by atoms with Gasteiger partial charge in [0.25, 0.3) is 0 Å². The summed E-state index contributed by atoms with van der Waals surface area (Å²) in [5, 5.41) is 0. The summed E-state index contributed by atoms with van der Waals surface area (Å²) in [4.78, 5) is 24.0. The van der Waals surface area contributed by atoms with Gasteiger partial charge in [-0.3, -0.25) is 4.79 Å². The van der Waals surface area contributed by atoms with Gasteiger partial charge in [0.2, 0.25) is 0 Å². The second-order valence-corrected chi connectivity index (χ2v) is 5.71. The number of carbonyl (C=O) groups is 1. The zero-order chi connectivity index (χ0) is 16.9. The summed E-state index contributed by atoms with van der Waals surface area (Å²) in [6.45, 7) is 4.21. The Morgan fingerprint density at radius 1 is 1.00 bits per heavy atom. The monoisotopic (exact) mass is 326 g/mol. The first-order valence-electron chi connectivity index (χ1n) is 8.05. The van der Waals surface area contributed by atoms with Crippen molar-refractivity contribution >= 4 is 17.7 Å². The Bertz CT molecular complexity index is 695. The van der Waals surface area contributed by atoms with Gasteiger partial charge in [0.05, 0.1) is 24.1 Å². The Hall–Kier alpha value is -2.51. The summed E-state index contributed by atoms with van der Waals surface area (Å²) < 4.78 is 0. The van der Waals surface area contributed by atoms with E-state index in [0.717, 1.165) is 49.5 Å². The maximum Gasteiger partial charge on any atom is 0.150 e. The average molecular weight is 326 g/mol. The van der Waals surface area contributed by atoms with Crippen molar-refractivity contribution in [1.29, 1.82) is 0 Å². The van der Waals surface area contributed by atoms with Crippen molar-refractivity contribution in [3.05, 3.63) is 47.5 Å². The van der Waals surface area contributed by atoms with Crippen molar-refractivity contribution < 1.29 is 4.79 Å². The lowest BCUT2D eigenvalue weighted by atomic mass is 10.2. The van der Waals surface area contributed by atoms with Crippen LogP contribution in [0.25, 0.3) is 0 Å². The molecule has 1 aliphatic heterocycles. The lowest BCUT2D eigenvalue weighted by Gasteiger charge is -2.37. The van der Waals surface area contributed by atoms with Gasteiger partial charge >= 0.3 is 0 Å².